The zero-order valence-corrected chi connectivity index (χ0v) is 9.11. The first-order valence-corrected chi connectivity index (χ1v) is 4.97. The van der Waals surface area contributed by atoms with Crippen LogP contribution in [-0.2, 0) is 19.1 Å². The lowest BCUT2D eigenvalue weighted by Crippen LogP contribution is -2.46. The Labute approximate surface area is 88.9 Å². The molecule has 1 saturated heterocycles. The molecular formula is C7H10BrNO5. The van der Waals surface area contributed by atoms with Crippen molar-refractivity contribution in [3.05, 3.63) is 0 Å². The molecule has 0 aromatic carbocycles. The van der Waals surface area contributed by atoms with Gasteiger partial charge in [0.05, 0.1) is 18.5 Å². The fourth-order valence-corrected chi connectivity index (χ4v) is 1.68. The third kappa shape index (κ3) is 2.05. The number of rotatable bonds is 4. The summed E-state index contributed by atoms with van der Waals surface area (Å²) in [7, 11) is 1.26. The molecule has 1 N–H and O–H groups in total. The Bertz CT molecular complexity index is 248. The lowest BCUT2D eigenvalue weighted by Gasteiger charge is -2.23. The second-order valence-electron chi connectivity index (χ2n) is 2.51. The summed E-state index contributed by atoms with van der Waals surface area (Å²) in [5, 5.41) is 12.4. The first-order valence-electron chi connectivity index (χ1n) is 3.85. The highest BCUT2D eigenvalue weighted by Crippen LogP contribution is 2.24. The molecule has 0 aromatic rings. The van der Waals surface area contributed by atoms with Gasteiger partial charge in [-0.1, -0.05) is 21.1 Å². The number of alkyl halides is 1. The monoisotopic (exact) mass is 267 g/mol. The Morgan fingerprint density at radius 1 is 1.64 bits per heavy atom. The molecule has 0 aliphatic carbocycles. The molecule has 14 heavy (non-hydrogen) atoms. The molecule has 80 valence electrons. The second-order valence-corrected chi connectivity index (χ2v) is 3.07. The molecule has 1 aliphatic rings. The van der Waals surface area contributed by atoms with E-state index in [2.05, 4.69) is 25.9 Å². The largest absolute Gasteiger partial charge is 0.477 e. The molecule has 1 rings (SSSR count). The Morgan fingerprint density at radius 2 is 2.21 bits per heavy atom. The van der Waals surface area contributed by atoms with Crippen LogP contribution in [0.5, 0.6) is 0 Å². The van der Waals surface area contributed by atoms with E-state index >= 15 is 0 Å². The number of oxime groups is 1. The number of halogens is 1. The number of ether oxygens (including phenoxy) is 2. The van der Waals surface area contributed by atoms with Crippen molar-refractivity contribution in [3.8, 4) is 0 Å². The van der Waals surface area contributed by atoms with Gasteiger partial charge < -0.3 is 19.4 Å². The first kappa shape index (κ1) is 11.4. The van der Waals surface area contributed by atoms with Crippen LogP contribution in [0.2, 0.25) is 0 Å². The van der Waals surface area contributed by atoms with Crippen molar-refractivity contribution in [1.82, 2.24) is 0 Å². The molecule has 0 saturated carbocycles. The molecule has 0 bridgehead atoms. The van der Waals surface area contributed by atoms with Crippen LogP contribution in [0.4, 0.5) is 0 Å². The van der Waals surface area contributed by atoms with E-state index in [9.17, 15) is 4.79 Å². The minimum Gasteiger partial charge on any atom is -0.477 e. The number of hydrogen-bond donors (Lipinski definition) is 1. The Kier molecular flexibility index (Phi) is 3.85. The van der Waals surface area contributed by atoms with Crippen molar-refractivity contribution in [3.63, 3.8) is 0 Å². The van der Waals surface area contributed by atoms with Crippen LogP contribution in [0.3, 0.4) is 0 Å². The predicted octanol–water partition coefficient (Wildman–Crippen LogP) is 0.211. The normalized spacial score (nSPS) is 20.9. The van der Waals surface area contributed by atoms with E-state index < -0.39 is 11.8 Å². The van der Waals surface area contributed by atoms with Crippen LogP contribution in [0.15, 0.2) is 5.16 Å². The fraction of sp³-hybridized carbons (Fsp3) is 0.714. The molecule has 0 radical (unpaired) electrons. The Hall–Kier alpha value is -0.660. The highest BCUT2D eigenvalue weighted by molar-refractivity contribution is 9.09. The lowest BCUT2D eigenvalue weighted by molar-refractivity contribution is -0.135. The van der Waals surface area contributed by atoms with Gasteiger partial charge in [0.25, 0.3) is 0 Å². The van der Waals surface area contributed by atoms with Crippen molar-refractivity contribution in [1.29, 1.82) is 0 Å². The van der Waals surface area contributed by atoms with Gasteiger partial charge >= 0.3 is 5.97 Å². The number of aliphatic carboxylic acids is 1. The molecule has 7 heteroatoms. The maximum atomic E-state index is 10.8. The maximum Gasteiger partial charge on any atom is 0.359 e. The van der Waals surface area contributed by atoms with Gasteiger partial charge in [-0.3, -0.25) is 0 Å². The quantitative estimate of drug-likeness (QED) is 0.448. The van der Waals surface area contributed by atoms with Crippen LogP contribution in [0.25, 0.3) is 0 Å². The Morgan fingerprint density at radius 3 is 2.57 bits per heavy atom. The second kappa shape index (κ2) is 4.72. The van der Waals surface area contributed by atoms with E-state index in [1.165, 1.54) is 7.11 Å². The van der Waals surface area contributed by atoms with E-state index in [-0.39, 0.29) is 11.0 Å². The third-order valence-electron chi connectivity index (χ3n) is 1.68. The van der Waals surface area contributed by atoms with E-state index in [0.29, 0.717) is 13.2 Å². The summed E-state index contributed by atoms with van der Waals surface area (Å²) in [6, 6.07) is 0. The summed E-state index contributed by atoms with van der Waals surface area (Å²) in [6.07, 6.45) is 0. The molecule has 6 nitrogen and oxygen atoms in total. The molecule has 0 aromatic heterocycles. The van der Waals surface area contributed by atoms with Gasteiger partial charge in [0.2, 0.25) is 11.5 Å². The summed E-state index contributed by atoms with van der Waals surface area (Å²) < 4.78 is 10.4. The van der Waals surface area contributed by atoms with Gasteiger partial charge in [-0.05, 0) is 0 Å². The summed E-state index contributed by atoms with van der Waals surface area (Å²) in [5.41, 5.74) is -0.297. The molecule has 0 spiro atoms. The van der Waals surface area contributed by atoms with Crippen molar-refractivity contribution < 1.29 is 24.2 Å². The zero-order valence-electron chi connectivity index (χ0n) is 7.53. The standard InChI is InChI=1S/C7H10BrNO5/c1-12-9-5(6(10)11)7(4-8)13-2-3-14-7/h2-4H2,1H3,(H,10,11)/b9-5+. The molecular weight excluding hydrogens is 258 g/mol. The fourth-order valence-electron chi connectivity index (χ4n) is 1.09. The van der Waals surface area contributed by atoms with E-state index in [4.69, 9.17) is 14.6 Å². The third-order valence-corrected chi connectivity index (χ3v) is 2.41. The van der Waals surface area contributed by atoms with Gasteiger partial charge in [-0.25, -0.2) is 4.79 Å². The number of nitrogens with zero attached hydrogens (tertiary/aromatic N) is 1. The first-order chi connectivity index (χ1) is 6.66. The summed E-state index contributed by atoms with van der Waals surface area (Å²) in [6.45, 7) is 0.670. The van der Waals surface area contributed by atoms with E-state index in [0.717, 1.165) is 0 Å². The van der Waals surface area contributed by atoms with Crippen LogP contribution in [-0.4, -0.2) is 48.2 Å². The highest BCUT2D eigenvalue weighted by atomic mass is 79.9. The molecule has 1 fully saturated rings. The predicted molar refractivity (Wildman–Crippen MR) is 50.5 cm³/mol. The van der Waals surface area contributed by atoms with Crippen LogP contribution >= 0.6 is 15.9 Å². The minimum absolute atomic E-state index is 0.189. The van der Waals surface area contributed by atoms with Gasteiger partial charge in [0.15, 0.2) is 0 Å². The number of carboxylic acid groups (broad SMARTS) is 1. The van der Waals surface area contributed by atoms with E-state index in [1.54, 1.807) is 0 Å². The average molecular weight is 268 g/mol. The molecule has 1 heterocycles. The van der Waals surface area contributed by atoms with Crippen LogP contribution in [0.1, 0.15) is 0 Å². The van der Waals surface area contributed by atoms with Crippen LogP contribution in [0, 0.1) is 0 Å². The molecule has 0 amide bonds. The number of hydrogen-bond acceptors (Lipinski definition) is 5. The van der Waals surface area contributed by atoms with Crippen molar-refractivity contribution in [2.45, 2.75) is 5.79 Å². The van der Waals surface area contributed by atoms with Gasteiger partial charge in [-0.2, -0.15) is 0 Å². The highest BCUT2D eigenvalue weighted by Gasteiger charge is 2.45. The van der Waals surface area contributed by atoms with Crippen molar-refractivity contribution in [2.75, 3.05) is 25.7 Å². The SMILES string of the molecule is CO/N=C(\C(=O)O)C1(CBr)OCCO1. The summed E-state index contributed by atoms with van der Waals surface area (Å²) in [4.78, 5) is 15.3. The van der Waals surface area contributed by atoms with Crippen molar-refractivity contribution >= 4 is 27.6 Å². The molecule has 0 unspecified atom stereocenters. The van der Waals surface area contributed by atoms with E-state index in [1.807, 2.05) is 0 Å². The summed E-state index contributed by atoms with van der Waals surface area (Å²) >= 11 is 3.12. The zero-order chi connectivity index (χ0) is 10.6. The van der Waals surface area contributed by atoms with Crippen molar-refractivity contribution in [2.24, 2.45) is 5.16 Å². The topological polar surface area (TPSA) is 77.4 Å². The Balaban J connectivity index is 2.94. The van der Waals surface area contributed by atoms with Gasteiger partial charge in [0.1, 0.15) is 7.11 Å². The average Bonchev–Trinajstić information content (AvgIpc) is 2.63. The van der Waals surface area contributed by atoms with Crippen LogP contribution < -0.4 is 0 Å². The number of carboxylic acids is 1. The summed E-state index contributed by atoms with van der Waals surface area (Å²) in [5.74, 6) is -2.56. The van der Waals surface area contributed by atoms with Gasteiger partial charge in [0, 0.05) is 0 Å². The smallest absolute Gasteiger partial charge is 0.359 e. The molecule has 0 atom stereocenters. The maximum absolute atomic E-state index is 10.8. The van der Waals surface area contributed by atoms with Gasteiger partial charge in [-0.15, -0.1) is 0 Å². The minimum atomic E-state index is -1.33. The molecule has 1 aliphatic heterocycles. The lowest BCUT2D eigenvalue weighted by atomic mass is 10.2. The number of carbonyl (C=O) groups is 1.